The quantitative estimate of drug-likeness (QED) is 0.633. The molecule has 0 spiro atoms. The van der Waals surface area contributed by atoms with Crippen molar-refractivity contribution in [1.82, 2.24) is 9.47 Å². The molecule has 150 valence electrons. The van der Waals surface area contributed by atoms with Gasteiger partial charge in [-0.05, 0) is 30.5 Å². The number of ether oxygens (including phenoxy) is 1. The van der Waals surface area contributed by atoms with E-state index < -0.39 is 5.97 Å². The van der Waals surface area contributed by atoms with Crippen LogP contribution in [0.5, 0.6) is 0 Å². The van der Waals surface area contributed by atoms with Gasteiger partial charge in [0.1, 0.15) is 6.54 Å². The third-order valence-corrected chi connectivity index (χ3v) is 4.40. The zero-order chi connectivity index (χ0) is 20.7. The van der Waals surface area contributed by atoms with E-state index in [0.717, 1.165) is 5.56 Å². The number of benzene rings is 1. The third kappa shape index (κ3) is 5.96. The van der Waals surface area contributed by atoms with Crippen molar-refractivity contribution in [2.45, 2.75) is 27.3 Å². The van der Waals surface area contributed by atoms with Gasteiger partial charge in [0.05, 0.1) is 18.7 Å². The molecular weight excluding hydrogens is 380 g/mol. The van der Waals surface area contributed by atoms with Crippen LogP contribution < -0.4 is 5.56 Å². The lowest BCUT2D eigenvalue weighted by Crippen LogP contribution is -2.39. The highest BCUT2D eigenvalue weighted by molar-refractivity contribution is 6.31. The summed E-state index contributed by atoms with van der Waals surface area (Å²) >= 11 is 6.18. The fraction of sp³-hybridized carbons (Fsp3) is 0.381. The van der Waals surface area contributed by atoms with Crippen molar-refractivity contribution in [1.29, 1.82) is 0 Å². The van der Waals surface area contributed by atoms with E-state index in [2.05, 4.69) is 0 Å². The van der Waals surface area contributed by atoms with Crippen molar-refractivity contribution in [2.75, 3.05) is 19.7 Å². The number of carbonyl (C=O) groups excluding carboxylic acids is 2. The Balaban J connectivity index is 2.29. The summed E-state index contributed by atoms with van der Waals surface area (Å²) in [5.74, 6) is -0.608. The molecule has 1 aromatic heterocycles. The minimum absolute atomic E-state index is 0.130. The molecule has 0 saturated carbocycles. The Morgan fingerprint density at radius 1 is 1.18 bits per heavy atom. The van der Waals surface area contributed by atoms with Gasteiger partial charge in [-0.15, -0.1) is 0 Å². The molecule has 0 radical (unpaired) electrons. The first-order chi connectivity index (χ1) is 13.3. The molecule has 0 aliphatic rings. The monoisotopic (exact) mass is 404 g/mol. The van der Waals surface area contributed by atoms with Crippen molar-refractivity contribution in [3.63, 3.8) is 0 Å². The molecule has 0 aliphatic carbocycles. The molecule has 2 rings (SSSR count). The number of hydrogen-bond donors (Lipinski definition) is 0. The average molecular weight is 405 g/mol. The Hall–Kier alpha value is -2.60. The van der Waals surface area contributed by atoms with Crippen LogP contribution in [-0.2, 0) is 16.1 Å². The zero-order valence-corrected chi connectivity index (χ0v) is 17.1. The molecule has 0 unspecified atom stereocenters. The number of carbonyl (C=O) groups is 2. The Labute approximate surface area is 169 Å². The van der Waals surface area contributed by atoms with Crippen LogP contribution in [0.4, 0.5) is 0 Å². The zero-order valence-electron chi connectivity index (χ0n) is 16.4. The predicted molar refractivity (Wildman–Crippen MR) is 109 cm³/mol. The summed E-state index contributed by atoms with van der Waals surface area (Å²) in [5, 5.41) is 0.551. The van der Waals surface area contributed by atoms with Crippen LogP contribution in [0.25, 0.3) is 0 Å². The molecule has 0 saturated heterocycles. The lowest BCUT2D eigenvalue weighted by atomic mass is 10.1. The number of rotatable bonds is 8. The van der Waals surface area contributed by atoms with Crippen LogP contribution in [-0.4, -0.2) is 41.0 Å². The normalized spacial score (nSPS) is 10.8. The maximum atomic E-state index is 13.0. The molecule has 0 aliphatic heterocycles. The van der Waals surface area contributed by atoms with E-state index in [1.54, 1.807) is 13.0 Å². The second-order valence-electron chi connectivity index (χ2n) is 6.86. The predicted octanol–water partition coefficient (Wildman–Crippen LogP) is 3.21. The SMILES string of the molecule is CCOC(=O)CN(CC(C)C)C(=O)c1ccc(=O)n(Cc2ccccc2Cl)c1. The van der Waals surface area contributed by atoms with Crippen molar-refractivity contribution < 1.29 is 14.3 Å². The molecule has 1 aromatic carbocycles. The van der Waals surface area contributed by atoms with Crippen molar-refractivity contribution in [3.8, 4) is 0 Å². The summed E-state index contributed by atoms with van der Waals surface area (Å²) in [4.78, 5) is 38.6. The topological polar surface area (TPSA) is 68.6 Å². The molecule has 1 heterocycles. The van der Waals surface area contributed by atoms with E-state index >= 15 is 0 Å². The maximum absolute atomic E-state index is 13.0. The van der Waals surface area contributed by atoms with Gasteiger partial charge in [0.2, 0.25) is 0 Å². The molecule has 0 N–H and O–H groups in total. The molecule has 0 fully saturated rings. The molecule has 0 bridgehead atoms. The Morgan fingerprint density at radius 3 is 2.54 bits per heavy atom. The largest absolute Gasteiger partial charge is 0.465 e. The van der Waals surface area contributed by atoms with Crippen LogP contribution in [0.15, 0.2) is 47.4 Å². The van der Waals surface area contributed by atoms with Crippen molar-refractivity contribution in [3.05, 3.63) is 69.1 Å². The number of nitrogens with zero attached hydrogens (tertiary/aromatic N) is 2. The summed E-state index contributed by atoms with van der Waals surface area (Å²) in [6.07, 6.45) is 1.51. The van der Waals surface area contributed by atoms with Crippen LogP contribution in [0, 0.1) is 5.92 Å². The van der Waals surface area contributed by atoms with Crippen LogP contribution in [0.2, 0.25) is 5.02 Å². The summed E-state index contributed by atoms with van der Waals surface area (Å²) < 4.78 is 6.41. The lowest BCUT2D eigenvalue weighted by molar-refractivity contribution is -0.143. The highest BCUT2D eigenvalue weighted by Gasteiger charge is 2.21. The Morgan fingerprint density at radius 2 is 1.89 bits per heavy atom. The maximum Gasteiger partial charge on any atom is 0.325 e. The molecule has 1 amide bonds. The van der Waals surface area contributed by atoms with Gasteiger partial charge in [0, 0.05) is 23.8 Å². The van der Waals surface area contributed by atoms with Gasteiger partial charge < -0.3 is 14.2 Å². The summed E-state index contributed by atoms with van der Waals surface area (Å²) in [7, 11) is 0. The van der Waals surface area contributed by atoms with E-state index in [0.29, 0.717) is 17.1 Å². The number of amides is 1. The summed E-state index contributed by atoms with van der Waals surface area (Å²) in [6.45, 7) is 6.42. The molecule has 2 aromatic rings. The first kappa shape index (κ1) is 21.7. The standard InChI is InChI=1S/C21H25ClN2O4/c1-4-28-20(26)14-24(11-15(2)3)21(27)17-9-10-19(25)23(13-17)12-16-7-5-6-8-18(16)22/h5-10,13,15H,4,11-12,14H2,1-3H3. The van der Waals surface area contributed by atoms with Crippen molar-refractivity contribution in [2.24, 2.45) is 5.92 Å². The summed E-state index contributed by atoms with van der Waals surface area (Å²) in [6, 6.07) is 10.1. The number of esters is 1. The van der Waals surface area contributed by atoms with Gasteiger partial charge in [-0.3, -0.25) is 14.4 Å². The number of pyridine rings is 1. The van der Waals surface area contributed by atoms with E-state index in [1.807, 2.05) is 32.0 Å². The number of hydrogen-bond acceptors (Lipinski definition) is 4. The van der Waals surface area contributed by atoms with Gasteiger partial charge in [-0.2, -0.15) is 0 Å². The first-order valence-corrected chi connectivity index (χ1v) is 9.58. The number of aromatic nitrogens is 1. The van der Waals surface area contributed by atoms with E-state index in [4.69, 9.17) is 16.3 Å². The molecule has 28 heavy (non-hydrogen) atoms. The lowest BCUT2D eigenvalue weighted by Gasteiger charge is -2.24. The van der Waals surface area contributed by atoms with Gasteiger partial charge >= 0.3 is 5.97 Å². The highest BCUT2D eigenvalue weighted by Crippen LogP contribution is 2.16. The van der Waals surface area contributed by atoms with Gasteiger partial charge in [0.25, 0.3) is 11.5 Å². The smallest absolute Gasteiger partial charge is 0.325 e. The second kappa shape index (κ2) is 10.1. The highest BCUT2D eigenvalue weighted by atomic mass is 35.5. The fourth-order valence-electron chi connectivity index (χ4n) is 2.80. The molecule has 6 nitrogen and oxygen atoms in total. The van der Waals surface area contributed by atoms with E-state index in [-0.39, 0.29) is 37.1 Å². The summed E-state index contributed by atoms with van der Waals surface area (Å²) in [5.41, 5.74) is 0.871. The molecular formula is C21H25ClN2O4. The second-order valence-corrected chi connectivity index (χ2v) is 7.27. The van der Waals surface area contributed by atoms with Gasteiger partial charge in [-0.25, -0.2) is 0 Å². The van der Waals surface area contributed by atoms with E-state index in [9.17, 15) is 14.4 Å². The van der Waals surface area contributed by atoms with Crippen LogP contribution in [0.3, 0.4) is 0 Å². The van der Waals surface area contributed by atoms with Crippen molar-refractivity contribution >= 4 is 23.5 Å². The molecule has 7 heteroatoms. The minimum Gasteiger partial charge on any atom is -0.465 e. The Bertz CT molecular complexity index is 892. The number of halogens is 1. The van der Waals surface area contributed by atoms with Crippen LogP contribution >= 0.6 is 11.6 Å². The minimum atomic E-state index is -0.458. The van der Waals surface area contributed by atoms with Crippen LogP contribution in [0.1, 0.15) is 36.7 Å². The van der Waals surface area contributed by atoms with Gasteiger partial charge in [-0.1, -0.05) is 43.6 Å². The Kier molecular flexibility index (Phi) is 7.81. The third-order valence-electron chi connectivity index (χ3n) is 4.03. The first-order valence-electron chi connectivity index (χ1n) is 9.20. The van der Waals surface area contributed by atoms with E-state index in [1.165, 1.54) is 27.8 Å². The molecule has 0 atom stereocenters. The average Bonchev–Trinajstić information content (AvgIpc) is 2.64. The van der Waals surface area contributed by atoms with Gasteiger partial charge in [0.15, 0.2) is 0 Å². The fourth-order valence-corrected chi connectivity index (χ4v) is 2.99.